The number of hydrogen-bond donors (Lipinski definition) is 0. The first-order valence-corrected chi connectivity index (χ1v) is 12.9. The lowest BCUT2D eigenvalue weighted by Crippen LogP contribution is -2.09. The molecule has 0 heterocycles. The largest absolute Gasteiger partial charge is 0.286 e. The van der Waals surface area contributed by atoms with Crippen molar-refractivity contribution in [1.29, 1.82) is 0 Å². The quantitative estimate of drug-likeness (QED) is 0.563. The Labute approximate surface area is 165 Å². The van der Waals surface area contributed by atoms with E-state index in [9.17, 15) is 8.42 Å². The van der Waals surface area contributed by atoms with Gasteiger partial charge in [-0.15, -0.1) is 0 Å². The maximum absolute atomic E-state index is 12.4. The lowest BCUT2D eigenvalue weighted by Gasteiger charge is -2.10. The van der Waals surface area contributed by atoms with Crippen molar-refractivity contribution in [2.24, 2.45) is 0 Å². The van der Waals surface area contributed by atoms with Crippen molar-refractivity contribution in [2.75, 3.05) is 13.2 Å². The average Bonchev–Trinajstić information content (AvgIpc) is 2.58. The van der Waals surface area contributed by atoms with E-state index in [1.54, 1.807) is 24.3 Å². The standard InChI is InChI=1S/C18H22O4S4/c1-15-5-9-17(10-6-15)25(19,23)21-13-3-4-14-22-26(20,24)18-11-7-16(2)8-12-18/h5-12H,3-4,13-14H2,1-2H3. The fourth-order valence-electron chi connectivity index (χ4n) is 2.09. The summed E-state index contributed by atoms with van der Waals surface area (Å²) in [4.78, 5) is 1.00. The lowest BCUT2D eigenvalue weighted by atomic mass is 10.2. The molecule has 0 aromatic heterocycles. The summed E-state index contributed by atoms with van der Waals surface area (Å²) < 4.78 is 35.6. The highest BCUT2D eigenvalue weighted by molar-refractivity contribution is 8.30. The third-order valence-electron chi connectivity index (χ3n) is 3.63. The summed E-state index contributed by atoms with van der Waals surface area (Å²) in [6.07, 6.45) is 1.16. The smallest absolute Gasteiger partial charge is 0.173 e. The zero-order valence-corrected chi connectivity index (χ0v) is 18.0. The Bertz CT molecular complexity index is 837. The molecular weight excluding hydrogens is 408 g/mol. The van der Waals surface area contributed by atoms with Crippen LogP contribution in [0.2, 0.25) is 0 Å². The van der Waals surface area contributed by atoms with E-state index in [1.165, 1.54) is 0 Å². The van der Waals surface area contributed by atoms with E-state index >= 15 is 0 Å². The van der Waals surface area contributed by atoms with Crippen LogP contribution in [0.15, 0.2) is 58.3 Å². The van der Waals surface area contributed by atoms with Crippen LogP contribution in [0.4, 0.5) is 0 Å². The average molecular weight is 431 g/mol. The van der Waals surface area contributed by atoms with Crippen LogP contribution < -0.4 is 0 Å². The molecule has 2 aromatic rings. The number of aryl methyl sites for hydroxylation is 2. The fraction of sp³-hybridized carbons (Fsp3) is 0.333. The highest BCUT2D eigenvalue weighted by atomic mass is 32.8. The van der Waals surface area contributed by atoms with Crippen molar-refractivity contribution in [2.45, 2.75) is 36.5 Å². The first-order chi connectivity index (χ1) is 12.2. The summed E-state index contributed by atoms with van der Waals surface area (Å²) >= 11 is 10.2. The number of hydrogen-bond acceptors (Lipinski definition) is 6. The van der Waals surface area contributed by atoms with Gasteiger partial charge in [-0.1, -0.05) is 35.4 Å². The molecule has 0 aliphatic heterocycles. The molecule has 0 radical (unpaired) electrons. The molecule has 8 heteroatoms. The highest BCUT2D eigenvalue weighted by Crippen LogP contribution is 2.16. The Hall–Kier alpha value is -0.900. The Morgan fingerprint density at radius 2 is 1.00 bits per heavy atom. The van der Waals surface area contributed by atoms with Crippen LogP contribution in [0.25, 0.3) is 0 Å². The first-order valence-electron chi connectivity index (χ1n) is 8.13. The van der Waals surface area contributed by atoms with E-state index in [-0.39, 0.29) is 13.2 Å². The second-order valence-electron chi connectivity index (χ2n) is 5.89. The van der Waals surface area contributed by atoms with Crippen LogP contribution in [0.5, 0.6) is 0 Å². The number of rotatable bonds is 9. The van der Waals surface area contributed by atoms with Gasteiger partial charge < -0.3 is 0 Å². The van der Waals surface area contributed by atoms with Gasteiger partial charge in [0, 0.05) is 22.4 Å². The SMILES string of the molecule is Cc1ccc(S(=O)(=S)OCCCCOS(=O)(=S)c2ccc(C)cc2)cc1. The summed E-state index contributed by atoms with van der Waals surface area (Å²) in [6, 6.07) is 14.3. The van der Waals surface area contributed by atoms with Crippen LogP contribution in [-0.2, 0) is 48.3 Å². The Morgan fingerprint density at radius 1 is 0.692 bits per heavy atom. The number of benzene rings is 2. The lowest BCUT2D eigenvalue weighted by molar-refractivity contribution is 0.291. The molecule has 2 aromatic carbocycles. The van der Waals surface area contributed by atoms with Crippen molar-refractivity contribution in [3.8, 4) is 0 Å². The third-order valence-corrected chi connectivity index (χ3v) is 8.02. The van der Waals surface area contributed by atoms with E-state index < -0.39 is 17.5 Å². The van der Waals surface area contributed by atoms with Crippen molar-refractivity contribution < 1.29 is 16.8 Å². The second kappa shape index (κ2) is 9.34. The molecule has 0 saturated carbocycles. The summed E-state index contributed by atoms with van der Waals surface area (Å²) in [6.45, 7) is 4.37. The monoisotopic (exact) mass is 430 g/mol. The predicted octanol–water partition coefficient (Wildman–Crippen LogP) is 3.86. The topological polar surface area (TPSA) is 52.6 Å². The van der Waals surface area contributed by atoms with Gasteiger partial charge in [-0.2, -0.15) is 0 Å². The molecular formula is C18H22O4S4. The molecule has 0 spiro atoms. The van der Waals surface area contributed by atoms with Crippen LogP contribution in [0.1, 0.15) is 24.0 Å². The van der Waals surface area contributed by atoms with E-state index in [1.807, 2.05) is 38.1 Å². The molecule has 0 aliphatic carbocycles. The van der Waals surface area contributed by atoms with E-state index in [0.717, 1.165) is 11.1 Å². The predicted molar refractivity (Wildman–Crippen MR) is 111 cm³/mol. The second-order valence-corrected chi connectivity index (χ2v) is 11.7. The van der Waals surface area contributed by atoms with Gasteiger partial charge in [-0.05, 0) is 51.0 Å². The summed E-state index contributed by atoms with van der Waals surface area (Å²) in [7, 11) is -5.85. The van der Waals surface area contributed by atoms with Crippen LogP contribution in [0.3, 0.4) is 0 Å². The molecule has 26 heavy (non-hydrogen) atoms. The van der Waals surface area contributed by atoms with Gasteiger partial charge in [-0.25, -0.2) is 8.42 Å². The van der Waals surface area contributed by atoms with Crippen molar-refractivity contribution in [3.05, 3.63) is 59.7 Å². The van der Waals surface area contributed by atoms with E-state index in [4.69, 9.17) is 30.7 Å². The minimum atomic E-state index is -2.92. The summed E-state index contributed by atoms with van der Waals surface area (Å²) in [5, 5.41) is 0. The number of unbranched alkanes of at least 4 members (excludes halogenated alkanes) is 1. The minimum absolute atomic E-state index is 0.239. The van der Waals surface area contributed by atoms with Crippen molar-refractivity contribution >= 4 is 39.9 Å². The molecule has 0 saturated heterocycles. The summed E-state index contributed by atoms with van der Waals surface area (Å²) in [5.41, 5.74) is 2.13. The third kappa shape index (κ3) is 6.37. The van der Waals surface area contributed by atoms with Gasteiger partial charge in [-0.3, -0.25) is 8.37 Å². The Morgan fingerprint density at radius 3 is 1.31 bits per heavy atom. The fourth-order valence-corrected chi connectivity index (χ4v) is 5.05. The van der Waals surface area contributed by atoms with Gasteiger partial charge in [0.15, 0.2) is 17.5 Å². The van der Waals surface area contributed by atoms with Gasteiger partial charge in [0.05, 0.1) is 23.0 Å². The normalized spacial score (nSPS) is 15.9. The molecule has 4 nitrogen and oxygen atoms in total. The van der Waals surface area contributed by atoms with Crippen molar-refractivity contribution in [3.63, 3.8) is 0 Å². The van der Waals surface area contributed by atoms with Crippen LogP contribution in [-0.4, -0.2) is 21.6 Å². The first kappa shape index (κ1) is 21.4. The van der Waals surface area contributed by atoms with E-state index in [0.29, 0.717) is 22.6 Å². The maximum atomic E-state index is 12.4. The minimum Gasteiger partial charge on any atom is -0.286 e. The Kier molecular flexibility index (Phi) is 7.69. The van der Waals surface area contributed by atoms with Gasteiger partial charge in [0.25, 0.3) is 0 Å². The van der Waals surface area contributed by atoms with Crippen LogP contribution >= 0.6 is 0 Å². The van der Waals surface area contributed by atoms with Gasteiger partial charge in [0.2, 0.25) is 0 Å². The molecule has 2 rings (SSSR count). The molecule has 2 atom stereocenters. The van der Waals surface area contributed by atoms with Crippen molar-refractivity contribution in [1.82, 2.24) is 0 Å². The molecule has 2 unspecified atom stereocenters. The molecule has 0 bridgehead atoms. The summed E-state index contributed by atoms with van der Waals surface area (Å²) in [5.74, 6) is 0. The zero-order chi connectivity index (χ0) is 19.2. The van der Waals surface area contributed by atoms with Gasteiger partial charge in [0.1, 0.15) is 0 Å². The highest BCUT2D eigenvalue weighted by Gasteiger charge is 2.12. The van der Waals surface area contributed by atoms with Gasteiger partial charge >= 0.3 is 0 Å². The van der Waals surface area contributed by atoms with Crippen LogP contribution in [0, 0.1) is 13.8 Å². The van der Waals surface area contributed by atoms with E-state index in [2.05, 4.69) is 0 Å². The molecule has 0 amide bonds. The molecule has 142 valence electrons. The zero-order valence-electron chi connectivity index (χ0n) is 14.7. The molecule has 0 fully saturated rings. The molecule has 0 aliphatic rings. The Balaban J connectivity index is 1.75. The maximum Gasteiger partial charge on any atom is 0.173 e. The molecule has 0 N–H and O–H groups in total.